The van der Waals surface area contributed by atoms with Gasteiger partial charge in [-0.25, -0.2) is 4.98 Å². The molecular weight excluding hydrogens is 809 g/mol. The molecule has 3 amide bonds. The van der Waals surface area contributed by atoms with Crippen LogP contribution in [0.25, 0.3) is 11.4 Å². The topological polar surface area (TPSA) is 231 Å². The molecule has 6 heterocycles. The van der Waals surface area contributed by atoms with Crippen LogP contribution in [0, 0.1) is 17.8 Å². The second-order valence-electron chi connectivity index (χ2n) is 15.2. The third-order valence-electron chi connectivity index (χ3n) is 11.3. The lowest BCUT2D eigenvalue weighted by Gasteiger charge is -2.45. The monoisotopic (exact) mass is 854 g/mol. The van der Waals surface area contributed by atoms with Crippen LogP contribution < -0.4 is 21.7 Å². The maximum Gasteiger partial charge on any atom is 0.433 e. The van der Waals surface area contributed by atoms with E-state index in [1.54, 1.807) is 17.0 Å². The fourth-order valence-electron chi connectivity index (χ4n) is 8.08. The number of rotatable bonds is 14. The van der Waals surface area contributed by atoms with Crippen molar-refractivity contribution in [1.82, 2.24) is 45.2 Å². The number of halogens is 4. The number of nitrogens with one attached hydrogen (secondary N) is 5. The number of nitrogens with two attached hydrogens (primary N) is 1. The number of pyridine rings is 1. The summed E-state index contributed by atoms with van der Waals surface area (Å²) in [7, 11) is 0. The number of piperazine rings is 1. The smallest absolute Gasteiger partial charge is 0.433 e. The molecule has 3 aliphatic rings. The van der Waals surface area contributed by atoms with Crippen LogP contribution in [0.5, 0.6) is 0 Å². The van der Waals surface area contributed by atoms with E-state index in [0.717, 1.165) is 25.9 Å². The van der Waals surface area contributed by atoms with Gasteiger partial charge in [0.05, 0.1) is 34.7 Å². The van der Waals surface area contributed by atoms with Crippen molar-refractivity contribution in [2.24, 2.45) is 23.5 Å². The molecule has 3 aromatic heterocycles. The number of anilines is 2. The zero-order valence-corrected chi connectivity index (χ0v) is 33.3. The Labute approximate surface area is 347 Å². The van der Waals surface area contributed by atoms with E-state index in [4.69, 9.17) is 17.3 Å². The van der Waals surface area contributed by atoms with Gasteiger partial charge in [0, 0.05) is 74.7 Å². The van der Waals surface area contributed by atoms with Gasteiger partial charge in [-0.15, -0.1) is 0 Å². The van der Waals surface area contributed by atoms with Gasteiger partial charge >= 0.3 is 12.1 Å². The number of nitrogens with zero attached hydrogens (tertiary/aromatic N) is 6. The third kappa shape index (κ3) is 9.72. The van der Waals surface area contributed by atoms with Crippen LogP contribution in [0.4, 0.5) is 24.5 Å². The molecule has 0 saturated carbocycles. The number of hydrogen-bond donors (Lipinski definition) is 7. The Kier molecular flexibility index (Phi) is 13.0. The zero-order valence-electron chi connectivity index (χ0n) is 32.5. The van der Waals surface area contributed by atoms with Crippen LogP contribution in [0.15, 0.2) is 42.7 Å². The summed E-state index contributed by atoms with van der Waals surface area (Å²) in [4.78, 5) is 68.4. The highest BCUT2D eigenvalue weighted by atomic mass is 35.5. The summed E-state index contributed by atoms with van der Waals surface area (Å²) in [5.74, 6) is -1.72. The van der Waals surface area contributed by atoms with E-state index in [9.17, 15) is 37.5 Å². The number of carboxylic acid groups (broad SMARTS) is 1. The van der Waals surface area contributed by atoms with Crippen molar-refractivity contribution in [3.05, 3.63) is 76.1 Å². The second-order valence-corrected chi connectivity index (χ2v) is 15.6. The van der Waals surface area contributed by atoms with Gasteiger partial charge in [-0.2, -0.15) is 18.3 Å². The number of alkyl halides is 3. The molecule has 1 unspecified atom stereocenters. The molecule has 1 aromatic carbocycles. The number of H-pyrrole nitrogens is 2. The van der Waals surface area contributed by atoms with E-state index in [0.29, 0.717) is 58.0 Å². The minimum absolute atomic E-state index is 0.000713. The number of amides is 3. The maximum atomic E-state index is 14.0. The predicted octanol–water partition coefficient (Wildman–Crippen LogP) is 3.00. The molecule has 0 bridgehead atoms. The number of carbonyl (C=O) groups excluding carboxylic acids is 3. The molecule has 3 aliphatic heterocycles. The van der Waals surface area contributed by atoms with Gasteiger partial charge in [0.2, 0.25) is 5.91 Å². The number of likely N-dealkylation sites (tertiary alicyclic amines) is 1. The van der Waals surface area contributed by atoms with Crippen LogP contribution in [-0.4, -0.2) is 141 Å². The Balaban J connectivity index is 0.947. The standard InChI is InChI=1S/C39H46ClF3N12O5/c40-29-16-24(50-36(58)35-48-20-26(49-35)15-28-33(51-52-34(28)39(41,42)43)30-4-2-25(19-47-30)46-8-7-44)1-3-27(29)37(59)54-11-13-55(14-12-54)38(60)32(23-17-45-18-23)22-5-9-53(10-6-22)21-31(56)57/h1-4,16,19-20,22-23,32,45-46H,5-15,17-18,21,44H2,(H,48,49)(H,50,58)(H,51,52)(H,56,57). The van der Waals surface area contributed by atoms with Crippen molar-refractivity contribution in [3.8, 4) is 11.4 Å². The summed E-state index contributed by atoms with van der Waals surface area (Å²) < 4.78 is 42.0. The molecule has 21 heteroatoms. The van der Waals surface area contributed by atoms with Crippen LogP contribution in [-0.2, 0) is 22.2 Å². The van der Waals surface area contributed by atoms with E-state index in [1.807, 2.05) is 9.80 Å². The largest absolute Gasteiger partial charge is 0.480 e. The SMILES string of the molecule is NCCNc1ccc(-c2n[nH]c(C(F)(F)F)c2Cc2cnc(C(=O)Nc3ccc(C(=O)N4CCN(C(=O)C(C5CCN(CC(=O)O)CC5)C5CNC5)CC4)c(Cl)c3)[nH]2)nc1. The molecule has 4 aromatic rings. The molecule has 8 N–H and O–H groups in total. The van der Waals surface area contributed by atoms with E-state index < -0.39 is 23.7 Å². The summed E-state index contributed by atoms with van der Waals surface area (Å²) in [5, 5.41) is 24.2. The number of piperidine rings is 1. The summed E-state index contributed by atoms with van der Waals surface area (Å²) >= 11 is 6.56. The molecule has 1 atom stereocenters. The van der Waals surface area contributed by atoms with Crippen LogP contribution in [0.1, 0.15) is 50.8 Å². The number of benzene rings is 1. The van der Waals surface area contributed by atoms with E-state index in [2.05, 4.69) is 41.1 Å². The van der Waals surface area contributed by atoms with Crippen molar-refractivity contribution < 1.29 is 37.5 Å². The quantitative estimate of drug-likeness (QED) is 0.0972. The predicted molar refractivity (Wildman–Crippen MR) is 214 cm³/mol. The first kappa shape index (κ1) is 42.6. The molecule has 60 heavy (non-hydrogen) atoms. The van der Waals surface area contributed by atoms with Crippen LogP contribution in [0.2, 0.25) is 5.02 Å². The number of hydrogen-bond acceptors (Lipinski definition) is 11. The Morgan fingerprint density at radius 3 is 2.28 bits per heavy atom. The number of carboxylic acids is 1. The number of aromatic amines is 2. The number of aliphatic carboxylic acids is 1. The zero-order chi connectivity index (χ0) is 42.6. The normalized spacial score (nSPS) is 17.3. The summed E-state index contributed by atoms with van der Waals surface area (Å²) in [6.45, 7) is 5.06. The first-order chi connectivity index (χ1) is 28.8. The van der Waals surface area contributed by atoms with Crippen molar-refractivity contribution in [1.29, 1.82) is 0 Å². The van der Waals surface area contributed by atoms with Gasteiger partial charge in [0.25, 0.3) is 11.8 Å². The highest BCUT2D eigenvalue weighted by molar-refractivity contribution is 6.34. The number of imidazole rings is 1. The fourth-order valence-corrected chi connectivity index (χ4v) is 8.34. The lowest BCUT2D eigenvalue weighted by molar-refractivity contribution is -0.144. The molecule has 7 rings (SSSR count). The molecule has 0 spiro atoms. The van der Waals surface area contributed by atoms with Crippen LogP contribution in [0.3, 0.4) is 0 Å². The lowest BCUT2D eigenvalue weighted by atomic mass is 9.73. The lowest BCUT2D eigenvalue weighted by Crippen LogP contribution is -2.58. The van der Waals surface area contributed by atoms with Crippen LogP contribution >= 0.6 is 11.6 Å². The van der Waals surface area contributed by atoms with Gasteiger partial charge in [-0.1, -0.05) is 11.6 Å². The molecule has 3 saturated heterocycles. The van der Waals surface area contributed by atoms with Crippen molar-refractivity contribution in [2.75, 3.05) is 82.6 Å². The second kappa shape index (κ2) is 18.4. The van der Waals surface area contributed by atoms with Gasteiger partial charge in [0.1, 0.15) is 11.4 Å². The fraction of sp³-hybridized carbons (Fsp3) is 0.462. The molecule has 3 fully saturated rings. The van der Waals surface area contributed by atoms with E-state index in [1.165, 1.54) is 30.6 Å². The van der Waals surface area contributed by atoms with Crippen molar-refractivity contribution >= 4 is 46.7 Å². The Morgan fingerprint density at radius 2 is 1.67 bits per heavy atom. The number of carbonyl (C=O) groups is 4. The Morgan fingerprint density at radius 1 is 0.950 bits per heavy atom. The minimum atomic E-state index is -4.74. The first-order valence-electron chi connectivity index (χ1n) is 19.7. The summed E-state index contributed by atoms with van der Waals surface area (Å²) in [5.41, 5.74) is 5.80. The van der Waals surface area contributed by atoms with E-state index >= 15 is 0 Å². The number of aromatic nitrogens is 5. The van der Waals surface area contributed by atoms with Gasteiger partial charge < -0.3 is 41.6 Å². The third-order valence-corrected chi connectivity index (χ3v) is 11.6. The maximum absolute atomic E-state index is 14.0. The molecular formula is C39H46ClF3N12O5. The highest BCUT2D eigenvalue weighted by Gasteiger charge is 2.42. The van der Waals surface area contributed by atoms with Crippen molar-refractivity contribution in [2.45, 2.75) is 25.4 Å². The highest BCUT2D eigenvalue weighted by Crippen LogP contribution is 2.37. The minimum Gasteiger partial charge on any atom is -0.480 e. The molecule has 0 aliphatic carbocycles. The van der Waals surface area contributed by atoms with Gasteiger partial charge in [0.15, 0.2) is 5.82 Å². The molecule has 320 valence electrons. The van der Waals surface area contributed by atoms with Crippen molar-refractivity contribution in [3.63, 3.8) is 0 Å². The average Bonchev–Trinajstić information content (AvgIpc) is 3.86. The first-order valence-corrected chi connectivity index (χ1v) is 20.1. The average molecular weight is 855 g/mol. The Hall–Kier alpha value is -5.57. The summed E-state index contributed by atoms with van der Waals surface area (Å²) in [6, 6.07) is 7.63. The summed E-state index contributed by atoms with van der Waals surface area (Å²) in [6.07, 6.45) is -0.781. The molecule has 0 radical (unpaired) electrons. The Bertz CT molecular complexity index is 2180. The molecule has 17 nitrogen and oxygen atoms in total. The van der Waals surface area contributed by atoms with Gasteiger partial charge in [-0.05, 0) is 81.2 Å². The van der Waals surface area contributed by atoms with E-state index in [-0.39, 0.29) is 87.3 Å². The van der Waals surface area contributed by atoms with Gasteiger partial charge in [-0.3, -0.25) is 34.2 Å².